The number of hydrogen-bond acceptors (Lipinski definition) is 5. The Kier molecular flexibility index (Phi) is 5.19. The lowest BCUT2D eigenvalue weighted by molar-refractivity contribution is -0.123. The maximum atomic E-state index is 12.0. The number of rotatable bonds is 3. The van der Waals surface area contributed by atoms with Crippen LogP contribution in [-0.4, -0.2) is 66.4 Å². The minimum atomic E-state index is -0.434. The van der Waals surface area contributed by atoms with Crippen molar-refractivity contribution in [3.63, 3.8) is 0 Å². The van der Waals surface area contributed by atoms with Crippen LogP contribution in [0.25, 0.3) is 0 Å². The van der Waals surface area contributed by atoms with Gasteiger partial charge in [0.05, 0.1) is 18.8 Å². The Morgan fingerprint density at radius 1 is 1.40 bits per heavy atom. The van der Waals surface area contributed by atoms with Crippen molar-refractivity contribution in [3.8, 4) is 0 Å². The predicted molar refractivity (Wildman–Crippen MR) is 72.2 cm³/mol. The lowest BCUT2D eigenvalue weighted by Crippen LogP contribution is -2.50. The zero-order valence-corrected chi connectivity index (χ0v) is 11.8. The molecule has 2 aliphatic rings. The van der Waals surface area contributed by atoms with Crippen LogP contribution < -0.4 is 10.6 Å². The van der Waals surface area contributed by atoms with Crippen molar-refractivity contribution in [1.29, 1.82) is 0 Å². The third kappa shape index (κ3) is 3.83. The number of nitrogens with one attached hydrogen (secondary N) is 2. The SMILES string of the molecule is CCOC(=O)N1CCC(NC(=O)C2CC(O)CN2)CC1. The number of piperidine rings is 1. The summed E-state index contributed by atoms with van der Waals surface area (Å²) in [7, 11) is 0. The van der Waals surface area contributed by atoms with E-state index in [0.717, 1.165) is 12.8 Å². The first kappa shape index (κ1) is 15.1. The van der Waals surface area contributed by atoms with Gasteiger partial charge in [0.2, 0.25) is 5.91 Å². The molecule has 0 aromatic rings. The second-order valence-corrected chi connectivity index (χ2v) is 5.32. The second kappa shape index (κ2) is 6.90. The van der Waals surface area contributed by atoms with Crippen molar-refractivity contribution < 1.29 is 19.4 Å². The van der Waals surface area contributed by atoms with Gasteiger partial charge in [0.25, 0.3) is 0 Å². The number of ether oxygens (including phenoxy) is 1. The molecule has 3 N–H and O–H groups in total. The van der Waals surface area contributed by atoms with E-state index in [4.69, 9.17) is 4.74 Å². The molecule has 0 aromatic carbocycles. The van der Waals surface area contributed by atoms with E-state index < -0.39 is 6.10 Å². The standard InChI is InChI=1S/C13H23N3O4/c1-2-20-13(19)16-5-3-9(4-6-16)15-12(18)11-7-10(17)8-14-11/h9-11,14,17H,2-8H2,1H3,(H,15,18). The Bertz CT molecular complexity index is 356. The highest BCUT2D eigenvalue weighted by molar-refractivity contribution is 5.82. The molecule has 0 bridgehead atoms. The van der Waals surface area contributed by atoms with Crippen molar-refractivity contribution >= 4 is 12.0 Å². The van der Waals surface area contributed by atoms with Gasteiger partial charge in [-0.3, -0.25) is 4.79 Å². The molecule has 2 saturated heterocycles. The fourth-order valence-corrected chi connectivity index (χ4v) is 2.64. The highest BCUT2D eigenvalue weighted by Crippen LogP contribution is 2.13. The Morgan fingerprint density at radius 2 is 2.10 bits per heavy atom. The molecule has 2 rings (SSSR count). The molecule has 114 valence electrons. The molecule has 0 spiro atoms. The van der Waals surface area contributed by atoms with E-state index in [1.807, 2.05) is 0 Å². The highest BCUT2D eigenvalue weighted by atomic mass is 16.6. The number of aliphatic hydroxyl groups is 1. The Labute approximate surface area is 118 Å². The molecular weight excluding hydrogens is 262 g/mol. The van der Waals surface area contributed by atoms with Crippen LogP contribution in [0.2, 0.25) is 0 Å². The molecule has 2 unspecified atom stereocenters. The molecule has 2 atom stereocenters. The molecule has 7 heteroatoms. The lowest BCUT2D eigenvalue weighted by Gasteiger charge is -2.32. The molecule has 2 amide bonds. The molecule has 2 heterocycles. The molecule has 0 aromatic heterocycles. The smallest absolute Gasteiger partial charge is 0.409 e. The number of β-amino-alcohol motifs (C(OH)–C–C–N with tert-alkyl or cyclic N) is 1. The third-order valence-corrected chi connectivity index (χ3v) is 3.79. The summed E-state index contributed by atoms with van der Waals surface area (Å²) in [6, 6.07) is -0.208. The van der Waals surface area contributed by atoms with E-state index in [1.165, 1.54) is 0 Å². The second-order valence-electron chi connectivity index (χ2n) is 5.32. The number of nitrogens with zero attached hydrogens (tertiary/aromatic N) is 1. The molecule has 2 aliphatic heterocycles. The van der Waals surface area contributed by atoms with E-state index in [1.54, 1.807) is 11.8 Å². The van der Waals surface area contributed by atoms with Gasteiger partial charge in [-0.05, 0) is 26.2 Å². The van der Waals surface area contributed by atoms with Crippen LogP contribution in [0.3, 0.4) is 0 Å². The Balaban J connectivity index is 1.71. The van der Waals surface area contributed by atoms with Gasteiger partial charge in [-0.15, -0.1) is 0 Å². The van der Waals surface area contributed by atoms with Crippen molar-refractivity contribution in [1.82, 2.24) is 15.5 Å². The summed E-state index contributed by atoms with van der Waals surface area (Å²) in [5, 5.41) is 15.4. The van der Waals surface area contributed by atoms with Gasteiger partial charge in [0.15, 0.2) is 0 Å². The fourth-order valence-electron chi connectivity index (χ4n) is 2.64. The summed E-state index contributed by atoms with van der Waals surface area (Å²) in [6.07, 6.45) is 1.22. The average molecular weight is 285 g/mol. The van der Waals surface area contributed by atoms with Crippen LogP contribution in [0.5, 0.6) is 0 Å². The summed E-state index contributed by atoms with van der Waals surface area (Å²) in [5.41, 5.74) is 0. The number of carbonyl (C=O) groups excluding carboxylic acids is 2. The first-order valence-corrected chi connectivity index (χ1v) is 7.23. The van der Waals surface area contributed by atoms with Gasteiger partial charge >= 0.3 is 6.09 Å². The summed E-state index contributed by atoms with van der Waals surface area (Å²) >= 11 is 0. The topological polar surface area (TPSA) is 90.9 Å². The number of carbonyl (C=O) groups is 2. The minimum absolute atomic E-state index is 0.0591. The molecule has 2 fully saturated rings. The molecule has 0 radical (unpaired) electrons. The van der Waals surface area contributed by atoms with Crippen LogP contribution in [0.1, 0.15) is 26.2 Å². The normalized spacial score (nSPS) is 27.4. The van der Waals surface area contributed by atoms with Crippen LogP contribution in [0.15, 0.2) is 0 Å². The van der Waals surface area contributed by atoms with E-state index in [2.05, 4.69) is 10.6 Å². The predicted octanol–water partition coefficient (Wildman–Crippen LogP) is -0.554. The first-order valence-electron chi connectivity index (χ1n) is 7.23. The van der Waals surface area contributed by atoms with Crippen LogP contribution >= 0.6 is 0 Å². The van der Waals surface area contributed by atoms with Crippen LogP contribution in [0.4, 0.5) is 4.79 Å². The zero-order valence-electron chi connectivity index (χ0n) is 11.8. The number of amides is 2. The molecular formula is C13H23N3O4. The van der Waals surface area contributed by atoms with Gasteiger partial charge in [-0.2, -0.15) is 0 Å². The van der Waals surface area contributed by atoms with E-state index in [9.17, 15) is 14.7 Å². The van der Waals surface area contributed by atoms with Crippen molar-refractivity contribution in [2.75, 3.05) is 26.2 Å². The number of hydrogen-bond donors (Lipinski definition) is 3. The molecule has 20 heavy (non-hydrogen) atoms. The van der Waals surface area contributed by atoms with Gasteiger partial charge in [-0.25, -0.2) is 4.79 Å². The summed E-state index contributed by atoms with van der Waals surface area (Å²) < 4.78 is 4.95. The quantitative estimate of drug-likeness (QED) is 0.647. The summed E-state index contributed by atoms with van der Waals surface area (Å²) in [4.78, 5) is 25.2. The highest BCUT2D eigenvalue weighted by Gasteiger charge is 2.30. The van der Waals surface area contributed by atoms with Crippen molar-refractivity contribution in [3.05, 3.63) is 0 Å². The average Bonchev–Trinajstić information content (AvgIpc) is 2.86. The van der Waals surface area contributed by atoms with Gasteiger partial charge in [0, 0.05) is 25.7 Å². The summed E-state index contributed by atoms with van der Waals surface area (Å²) in [6.45, 7) is 3.84. The molecule has 0 saturated carbocycles. The molecule has 7 nitrogen and oxygen atoms in total. The van der Waals surface area contributed by atoms with Crippen molar-refractivity contribution in [2.45, 2.75) is 44.4 Å². The zero-order chi connectivity index (χ0) is 14.5. The fraction of sp³-hybridized carbons (Fsp3) is 0.846. The van der Waals surface area contributed by atoms with Gasteiger partial charge in [-0.1, -0.05) is 0 Å². The van der Waals surface area contributed by atoms with Crippen molar-refractivity contribution in [2.24, 2.45) is 0 Å². The monoisotopic (exact) mass is 285 g/mol. The van der Waals surface area contributed by atoms with E-state index >= 15 is 0 Å². The number of likely N-dealkylation sites (tertiary alicyclic amines) is 1. The third-order valence-electron chi connectivity index (χ3n) is 3.79. The maximum Gasteiger partial charge on any atom is 0.409 e. The van der Waals surface area contributed by atoms with E-state index in [-0.39, 0.29) is 24.1 Å². The first-order chi connectivity index (χ1) is 9.60. The maximum absolute atomic E-state index is 12.0. The van der Waals surface area contributed by atoms with Gasteiger partial charge < -0.3 is 25.4 Å². The van der Waals surface area contributed by atoms with Crippen LogP contribution in [0, 0.1) is 0 Å². The van der Waals surface area contributed by atoms with Crippen LogP contribution in [-0.2, 0) is 9.53 Å². The lowest BCUT2D eigenvalue weighted by atomic mass is 10.0. The minimum Gasteiger partial charge on any atom is -0.450 e. The molecule has 0 aliphatic carbocycles. The summed E-state index contributed by atoms with van der Waals surface area (Å²) in [5.74, 6) is -0.0591. The Morgan fingerprint density at radius 3 is 2.65 bits per heavy atom. The number of aliphatic hydroxyl groups excluding tert-OH is 1. The van der Waals surface area contributed by atoms with E-state index in [0.29, 0.717) is 32.7 Å². The Hall–Kier alpha value is -1.34. The van der Waals surface area contributed by atoms with Gasteiger partial charge in [0.1, 0.15) is 0 Å². The largest absolute Gasteiger partial charge is 0.450 e.